The molecule has 1 aliphatic heterocycles. The van der Waals surface area contributed by atoms with Crippen molar-refractivity contribution in [1.29, 1.82) is 0 Å². The van der Waals surface area contributed by atoms with Crippen LogP contribution in [0, 0.1) is 0 Å². The molecule has 1 aromatic carbocycles. The van der Waals surface area contributed by atoms with Crippen molar-refractivity contribution >= 4 is 29.8 Å². The quantitative estimate of drug-likeness (QED) is 0.357. The summed E-state index contributed by atoms with van der Waals surface area (Å²) in [6.45, 7) is 5.58. The first-order chi connectivity index (χ1) is 16.5. The molecular formula is C23H28O12. The van der Waals surface area contributed by atoms with E-state index in [-0.39, 0.29) is 19.0 Å². The normalized spacial score (nSPS) is 23.4. The number of benzene rings is 1. The third kappa shape index (κ3) is 8.89. The van der Waals surface area contributed by atoms with Crippen molar-refractivity contribution in [1.82, 2.24) is 0 Å². The lowest BCUT2D eigenvalue weighted by molar-refractivity contribution is -0.288. The molecule has 0 unspecified atom stereocenters. The fourth-order valence-corrected chi connectivity index (χ4v) is 3.27. The van der Waals surface area contributed by atoms with Crippen LogP contribution in [-0.4, -0.2) is 67.2 Å². The van der Waals surface area contributed by atoms with E-state index in [0.29, 0.717) is 5.56 Å². The van der Waals surface area contributed by atoms with Crippen molar-refractivity contribution in [3.8, 4) is 5.75 Å². The number of rotatable bonds is 9. The zero-order valence-electron chi connectivity index (χ0n) is 20.0. The summed E-state index contributed by atoms with van der Waals surface area (Å²) in [5.41, 5.74) is 0.689. The Kier molecular flexibility index (Phi) is 10.0. The smallest absolute Gasteiger partial charge is 0.303 e. The number of hydrogen-bond acceptors (Lipinski definition) is 12. The summed E-state index contributed by atoms with van der Waals surface area (Å²) in [6.07, 6.45) is -6.40. The van der Waals surface area contributed by atoms with Gasteiger partial charge in [0.2, 0.25) is 12.4 Å². The second kappa shape index (κ2) is 12.7. The molecule has 192 valence electrons. The maximum atomic E-state index is 11.9. The van der Waals surface area contributed by atoms with Gasteiger partial charge in [0.25, 0.3) is 0 Å². The molecule has 0 bridgehead atoms. The van der Waals surface area contributed by atoms with Crippen molar-refractivity contribution in [2.45, 2.75) is 71.9 Å². The van der Waals surface area contributed by atoms with Gasteiger partial charge in [-0.3, -0.25) is 24.0 Å². The summed E-state index contributed by atoms with van der Waals surface area (Å²) in [6, 6.07) is 6.41. The van der Waals surface area contributed by atoms with Crippen LogP contribution in [0.1, 0.15) is 40.2 Å². The molecule has 5 atom stereocenters. The van der Waals surface area contributed by atoms with E-state index in [4.69, 9.17) is 33.2 Å². The fraction of sp³-hybridized carbons (Fsp3) is 0.522. The SMILES string of the molecule is CC(=O)OCc1ccc(O[C@@H]2O[C@H](COC(C)=O)[C@@H](OC(C)=O)[C@@H](OC(C)=O)[C@@H]2OC(C)=O)cc1. The fourth-order valence-electron chi connectivity index (χ4n) is 3.27. The third-order valence-electron chi connectivity index (χ3n) is 4.57. The summed E-state index contributed by atoms with van der Waals surface area (Å²) in [5.74, 6) is -2.98. The van der Waals surface area contributed by atoms with E-state index in [1.54, 1.807) is 24.3 Å². The molecule has 0 aliphatic carbocycles. The monoisotopic (exact) mass is 496 g/mol. The molecule has 1 aromatic rings. The van der Waals surface area contributed by atoms with Gasteiger partial charge in [-0.05, 0) is 17.7 Å². The first-order valence-electron chi connectivity index (χ1n) is 10.7. The lowest BCUT2D eigenvalue weighted by Gasteiger charge is -2.43. The van der Waals surface area contributed by atoms with Gasteiger partial charge in [-0.2, -0.15) is 0 Å². The molecule has 12 heteroatoms. The molecule has 1 fully saturated rings. The van der Waals surface area contributed by atoms with E-state index < -0.39 is 60.6 Å². The van der Waals surface area contributed by atoms with Crippen molar-refractivity contribution in [3.05, 3.63) is 29.8 Å². The highest BCUT2D eigenvalue weighted by Gasteiger charge is 2.53. The second-order valence-corrected chi connectivity index (χ2v) is 7.61. The lowest BCUT2D eigenvalue weighted by atomic mass is 9.98. The maximum absolute atomic E-state index is 11.9. The highest BCUT2D eigenvalue weighted by atomic mass is 16.7. The topological polar surface area (TPSA) is 150 Å². The molecule has 1 aliphatic rings. The van der Waals surface area contributed by atoms with Gasteiger partial charge < -0.3 is 33.2 Å². The molecule has 12 nitrogen and oxygen atoms in total. The third-order valence-corrected chi connectivity index (χ3v) is 4.57. The Labute approximate surface area is 201 Å². The predicted molar refractivity (Wildman–Crippen MR) is 114 cm³/mol. The van der Waals surface area contributed by atoms with Crippen LogP contribution in [0.3, 0.4) is 0 Å². The number of carbonyl (C=O) groups is 5. The van der Waals surface area contributed by atoms with Gasteiger partial charge in [-0.25, -0.2) is 0 Å². The Bertz CT molecular complexity index is 925. The van der Waals surface area contributed by atoms with Crippen LogP contribution in [-0.2, 0) is 59.0 Å². The highest BCUT2D eigenvalue weighted by molar-refractivity contribution is 5.69. The standard InChI is InChI=1S/C23H28O12/c1-12(24)29-10-17-6-8-18(9-7-17)34-23-22(33-16(5)28)21(32-15(4)27)20(31-14(3)26)19(35-23)11-30-13(2)25/h6-9,19-23H,10-11H2,1-5H3/t19-,20-,21-,22+,23-/m1/s1. The Morgan fingerprint density at radius 2 is 1.20 bits per heavy atom. The van der Waals surface area contributed by atoms with Crippen LogP contribution >= 0.6 is 0 Å². The number of ether oxygens (including phenoxy) is 7. The van der Waals surface area contributed by atoms with Crippen LogP contribution in [0.15, 0.2) is 24.3 Å². The average molecular weight is 496 g/mol. The van der Waals surface area contributed by atoms with Crippen LogP contribution < -0.4 is 4.74 Å². The van der Waals surface area contributed by atoms with E-state index in [0.717, 1.165) is 20.8 Å². The van der Waals surface area contributed by atoms with E-state index in [1.165, 1.54) is 13.8 Å². The van der Waals surface area contributed by atoms with Gasteiger partial charge in [-0.15, -0.1) is 0 Å². The van der Waals surface area contributed by atoms with Gasteiger partial charge in [0.05, 0.1) is 0 Å². The van der Waals surface area contributed by atoms with Gasteiger partial charge in [0.1, 0.15) is 25.1 Å². The van der Waals surface area contributed by atoms with Crippen molar-refractivity contribution in [2.75, 3.05) is 6.61 Å². The zero-order chi connectivity index (χ0) is 26.1. The van der Waals surface area contributed by atoms with E-state index >= 15 is 0 Å². The zero-order valence-corrected chi connectivity index (χ0v) is 20.0. The van der Waals surface area contributed by atoms with E-state index in [9.17, 15) is 24.0 Å². The van der Waals surface area contributed by atoms with E-state index in [1.807, 2.05) is 0 Å². The Morgan fingerprint density at radius 3 is 1.71 bits per heavy atom. The van der Waals surface area contributed by atoms with Gasteiger partial charge in [0.15, 0.2) is 12.2 Å². The minimum absolute atomic E-state index is 0.0642. The Morgan fingerprint density at radius 1 is 0.686 bits per heavy atom. The summed E-state index contributed by atoms with van der Waals surface area (Å²) in [7, 11) is 0. The van der Waals surface area contributed by atoms with E-state index in [2.05, 4.69) is 0 Å². The first kappa shape index (κ1) is 27.6. The molecule has 0 N–H and O–H groups in total. The summed E-state index contributed by atoms with van der Waals surface area (Å²) in [5, 5.41) is 0. The lowest BCUT2D eigenvalue weighted by Crippen LogP contribution is -2.63. The molecular weight excluding hydrogens is 468 g/mol. The Hall–Kier alpha value is -3.67. The predicted octanol–water partition coefficient (Wildman–Crippen LogP) is 1.21. The summed E-state index contributed by atoms with van der Waals surface area (Å²) in [4.78, 5) is 57.8. The maximum Gasteiger partial charge on any atom is 0.303 e. The number of esters is 5. The number of carbonyl (C=O) groups excluding carboxylic acids is 5. The average Bonchev–Trinajstić information content (AvgIpc) is 2.75. The molecule has 0 spiro atoms. The largest absolute Gasteiger partial charge is 0.463 e. The minimum atomic E-state index is -1.34. The Balaban J connectivity index is 2.36. The molecule has 1 saturated heterocycles. The second-order valence-electron chi connectivity index (χ2n) is 7.61. The van der Waals surface area contributed by atoms with Crippen LogP contribution in [0.25, 0.3) is 0 Å². The molecule has 0 amide bonds. The summed E-state index contributed by atoms with van der Waals surface area (Å²) < 4.78 is 37.7. The molecule has 35 heavy (non-hydrogen) atoms. The molecule has 0 radical (unpaired) electrons. The molecule has 0 saturated carbocycles. The van der Waals surface area contributed by atoms with Crippen molar-refractivity contribution in [2.24, 2.45) is 0 Å². The van der Waals surface area contributed by atoms with Crippen LogP contribution in [0.4, 0.5) is 0 Å². The van der Waals surface area contributed by atoms with Crippen LogP contribution in [0.2, 0.25) is 0 Å². The minimum Gasteiger partial charge on any atom is -0.463 e. The van der Waals surface area contributed by atoms with Gasteiger partial charge in [0, 0.05) is 34.6 Å². The van der Waals surface area contributed by atoms with Crippen LogP contribution in [0.5, 0.6) is 5.75 Å². The number of hydrogen-bond donors (Lipinski definition) is 0. The van der Waals surface area contributed by atoms with Crippen molar-refractivity contribution < 1.29 is 57.1 Å². The van der Waals surface area contributed by atoms with Gasteiger partial charge in [-0.1, -0.05) is 12.1 Å². The molecule has 1 heterocycles. The van der Waals surface area contributed by atoms with Gasteiger partial charge >= 0.3 is 29.8 Å². The van der Waals surface area contributed by atoms with Crippen molar-refractivity contribution in [3.63, 3.8) is 0 Å². The summed E-state index contributed by atoms with van der Waals surface area (Å²) >= 11 is 0. The highest BCUT2D eigenvalue weighted by Crippen LogP contribution is 2.31. The molecule has 0 aromatic heterocycles. The first-order valence-corrected chi connectivity index (χ1v) is 10.7. The molecule has 2 rings (SSSR count).